The van der Waals surface area contributed by atoms with E-state index in [2.05, 4.69) is 15.1 Å². The van der Waals surface area contributed by atoms with Crippen LogP contribution in [0, 0.1) is 5.92 Å². The Labute approximate surface area is 158 Å². The van der Waals surface area contributed by atoms with E-state index in [-0.39, 0.29) is 24.8 Å². The second kappa shape index (κ2) is 11.5. The third-order valence-corrected chi connectivity index (χ3v) is 5.60. The Morgan fingerprint density at radius 3 is 2.21 bits per heavy atom. The van der Waals surface area contributed by atoms with Crippen molar-refractivity contribution in [3.63, 3.8) is 0 Å². The molecular weight excluding hydrogens is 349 g/mol. The highest BCUT2D eigenvalue weighted by Gasteiger charge is 2.27. The normalized spacial score (nSPS) is 24.1. The number of carbonyl (C=O) groups is 1. The maximum absolute atomic E-state index is 12.4. The molecule has 3 aliphatic heterocycles. The van der Waals surface area contributed by atoms with Crippen molar-refractivity contribution in [1.82, 2.24) is 15.1 Å². The molecule has 0 atom stereocenters. The van der Waals surface area contributed by atoms with Crippen LogP contribution in [0.2, 0.25) is 0 Å². The van der Waals surface area contributed by atoms with Crippen molar-refractivity contribution >= 4 is 30.7 Å². The number of nitrogens with zero attached hydrogens (tertiary/aromatic N) is 2. The highest BCUT2D eigenvalue weighted by Crippen LogP contribution is 2.20. The summed E-state index contributed by atoms with van der Waals surface area (Å²) in [6.45, 7) is 7.99. The molecule has 3 rings (SSSR count). The van der Waals surface area contributed by atoms with Crippen LogP contribution in [-0.2, 0) is 9.53 Å². The smallest absolute Gasteiger partial charge is 0.222 e. The van der Waals surface area contributed by atoms with Gasteiger partial charge in [-0.2, -0.15) is 0 Å². The highest BCUT2D eigenvalue weighted by molar-refractivity contribution is 5.85. The Morgan fingerprint density at radius 1 is 0.958 bits per heavy atom. The Balaban J connectivity index is 0.00000144. The molecule has 0 saturated carbocycles. The van der Waals surface area contributed by atoms with Gasteiger partial charge in [0.15, 0.2) is 0 Å². The molecule has 24 heavy (non-hydrogen) atoms. The molecule has 1 amide bonds. The van der Waals surface area contributed by atoms with Crippen LogP contribution in [0.3, 0.4) is 0 Å². The van der Waals surface area contributed by atoms with E-state index < -0.39 is 0 Å². The first-order valence-corrected chi connectivity index (χ1v) is 9.13. The van der Waals surface area contributed by atoms with Crippen LogP contribution in [0.25, 0.3) is 0 Å². The van der Waals surface area contributed by atoms with Crippen molar-refractivity contribution in [1.29, 1.82) is 0 Å². The molecule has 0 aromatic rings. The van der Waals surface area contributed by atoms with E-state index in [1.807, 2.05) is 0 Å². The summed E-state index contributed by atoms with van der Waals surface area (Å²) in [5.74, 6) is 1.14. The van der Waals surface area contributed by atoms with Gasteiger partial charge in [0, 0.05) is 51.9 Å². The lowest BCUT2D eigenvalue weighted by Crippen LogP contribution is -2.53. The molecule has 3 heterocycles. The standard InChI is InChI=1S/C17H31N3O2.2ClH/c21-17(2-1-15-3-7-18-8-4-15)20-11-9-19(10-12-20)16-5-13-22-14-6-16;;/h15-16,18H,1-14H2;2*1H. The number of rotatable bonds is 4. The molecule has 0 aliphatic carbocycles. The average Bonchev–Trinajstić information content (AvgIpc) is 2.61. The SMILES string of the molecule is Cl.Cl.O=C(CCC1CCNCC1)N1CCN(C2CCOCC2)CC1. The average molecular weight is 382 g/mol. The first-order chi connectivity index (χ1) is 10.8. The molecule has 0 aromatic heterocycles. The van der Waals surface area contributed by atoms with Gasteiger partial charge < -0.3 is 15.0 Å². The third-order valence-electron chi connectivity index (χ3n) is 5.60. The molecule has 0 spiro atoms. The quantitative estimate of drug-likeness (QED) is 0.807. The Morgan fingerprint density at radius 2 is 1.58 bits per heavy atom. The fourth-order valence-corrected chi connectivity index (χ4v) is 4.04. The highest BCUT2D eigenvalue weighted by atomic mass is 35.5. The van der Waals surface area contributed by atoms with E-state index in [4.69, 9.17) is 4.74 Å². The van der Waals surface area contributed by atoms with Crippen molar-refractivity contribution < 1.29 is 9.53 Å². The van der Waals surface area contributed by atoms with Crippen molar-refractivity contribution in [3.05, 3.63) is 0 Å². The third kappa shape index (κ3) is 6.34. The molecular formula is C17H33Cl2N3O2. The fraction of sp³-hybridized carbons (Fsp3) is 0.941. The Bertz CT molecular complexity index is 354. The van der Waals surface area contributed by atoms with Crippen LogP contribution in [0.4, 0.5) is 0 Å². The molecule has 5 nitrogen and oxygen atoms in total. The van der Waals surface area contributed by atoms with Crippen LogP contribution in [-0.4, -0.2) is 74.2 Å². The molecule has 3 aliphatic rings. The minimum absolute atomic E-state index is 0. The van der Waals surface area contributed by atoms with Gasteiger partial charge in [-0.3, -0.25) is 9.69 Å². The zero-order valence-electron chi connectivity index (χ0n) is 14.6. The van der Waals surface area contributed by atoms with Gasteiger partial charge in [0.25, 0.3) is 0 Å². The lowest BCUT2D eigenvalue weighted by Gasteiger charge is -2.40. The number of amides is 1. The van der Waals surface area contributed by atoms with Gasteiger partial charge >= 0.3 is 0 Å². The second-order valence-corrected chi connectivity index (χ2v) is 6.99. The van der Waals surface area contributed by atoms with Crippen LogP contribution >= 0.6 is 24.8 Å². The molecule has 0 bridgehead atoms. The summed E-state index contributed by atoms with van der Waals surface area (Å²) in [4.78, 5) is 17.1. The maximum Gasteiger partial charge on any atom is 0.222 e. The first-order valence-electron chi connectivity index (χ1n) is 9.13. The van der Waals surface area contributed by atoms with E-state index in [9.17, 15) is 4.79 Å². The van der Waals surface area contributed by atoms with Crippen LogP contribution < -0.4 is 5.32 Å². The summed E-state index contributed by atoms with van der Waals surface area (Å²) in [7, 11) is 0. The summed E-state index contributed by atoms with van der Waals surface area (Å²) < 4.78 is 5.44. The Hall–Kier alpha value is -0.0700. The summed E-state index contributed by atoms with van der Waals surface area (Å²) in [6, 6.07) is 0.681. The molecule has 7 heteroatoms. The summed E-state index contributed by atoms with van der Waals surface area (Å²) in [6.07, 6.45) is 6.63. The van der Waals surface area contributed by atoms with Crippen molar-refractivity contribution in [2.24, 2.45) is 5.92 Å². The van der Waals surface area contributed by atoms with E-state index in [1.54, 1.807) is 0 Å². The van der Waals surface area contributed by atoms with E-state index in [1.165, 1.54) is 12.8 Å². The van der Waals surface area contributed by atoms with E-state index >= 15 is 0 Å². The fourth-order valence-electron chi connectivity index (χ4n) is 4.04. The largest absolute Gasteiger partial charge is 0.381 e. The molecule has 3 saturated heterocycles. The van der Waals surface area contributed by atoms with E-state index in [0.717, 1.165) is 84.1 Å². The van der Waals surface area contributed by atoms with Gasteiger partial charge in [-0.25, -0.2) is 0 Å². The maximum atomic E-state index is 12.4. The minimum atomic E-state index is 0. The van der Waals surface area contributed by atoms with Crippen molar-refractivity contribution in [3.8, 4) is 0 Å². The molecule has 3 fully saturated rings. The number of ether oxygens (including phenoxy) is 1. The van der Waals surface area contributed by atoms with Crippen molar-refractivity contribution in [2.75, 3.05) is 52.5 Å². The monoisotopic (exact) mass is 381 g/mol. The van der Waals surface area contributed by atoms with Crippen LogP contribution in [0.15, 0.2) is 0 Å². The zero-order valence-corrected chi connectivity index (χ0v) is 16.2. The number of piperazine rings is 1. The summed E-state index contributed by atoms with van der Waals surface area (Å²) >= 11 is 0. The van der Waals surface area contributed by atoms with Gasteiger partial charge in [-0.15, -0.1) is 24.8 Å². The van der Waals surface area contributed by atoms with Crippen LogP contribution in [0.5, 0.6) is 0 Å². The van der Waals surface area contributed by atoms with Gasteiger partial charge in [-0.1, -0.05) is 0 Å². The second-order valence-electron chi connectivity index (χ2n) is 6.99. The van der Waals surface area contributed by atoms with Crippen LogP contribution in [0.1, 0.15) is 38.5 Å². The number of piperidine rings is 1. The number of carbonyl (C=O) groups excluding carboxylic acids is 1. The summed E-state index contributed by atoms with van der Waals surface area (Å²) in [5, 5.41) is 3.39. The predicted molar refractivity (Wildman–Crippen MR) is 101 cm³/mol. The lowest BCUT2D eigenvalue weighted by molar-refractivity contribution is -0.134. The van der Waals surface area contributed by atoms with E-state index in [0.29, 0.717) is 11.9 Å². The van der Waals surface area contributed by atoms with Gasteiger partial charge in [0.2, 0.25) is 5.91 Å². The van der Waals surface area contributed by atoms with Crippen molar-refractivity contribution in [2.45, 2.75) is 44.6 Å². The lowest BCUT2D eigenvalue weighted by atomic mass is 9.93. The topological polar surface area (TPSA) is 44.8 Å². The predicted octanol–water partition coefficient (Wildman–Crippen LogP) is 1.93. The number of hydrogen-bond acceptors (Lipinski definition) is 4. The zero-order chi connectivity index (χ0) is 15.2. The van der Waals surface area contributed by atoms with Gasteiger partial charge in [0.05, 0.1) is 0 Å². The number of hydrogen-bond donors (Lipinski definition) is 1. The molecule has 0 radical (unpaired) electrons. The van der Waals surface area contributed by atoms with Gasteiger partial charge in [0.1, 0.15) is 0 Å². The number of halogens is 2. The molecule has 0 aromatic carbocycles. The van der Waals surface area contributed by atoms with Gasteiger partial charge in [-0.05, 0) is 51.1 Å². The molecule has 0 unspecified atom stereocenters. The minimum Gasteiger partial charge on any atom is -0.381 e. The first kappa shape index (κ1) is 22.0. The summed E-state index contributed by atoms with van der Waals surface area (Å²) in [5.41, 5.74) is 0. The molecule has 1 N–H and O–H groups in total. The molecule has 142 valence electrons. The number of nitrogens with one attached hydrogen (secondary N) is 1. The Kier molecular flexibility index (Phi) is 10.6.